The van der Waals surface area contributed by atoms with Crippen LogP contribution < -0.4 is 15.4 Å². The van der Waals surface area contributed by atoms with Gasteiger partial charge in [0.15, 0.2) is 0 Å². The van der Waals surface area contributed by atoms with Crippen molar-refractivity contribution in [2.45, 2.75) is 63.4 Å². The number of imide groups is 1. The summed E-state index contributed by atoms with van der Waals surface area (Å²) in [6.45, 7) is 2.30. The van der Waals surface area contributed by atoms with Gasteiger partial charge in [0, 0.05) is 6.42 Å². The number of hydrogen-bond acceptors (Lipinski definition) is 4. The zero-order chi connectivity index (χ0) is 18.0. The molecule has 2 aliphatic heterocycles. The van der Waals surface area contributed by atoms with E-state index in [9.17, 15) is 9.59 Å². The molecule has 2 saturated heterocycles. The number of ether oxygens (including phenoxy) is 1. The van der Waals surface area contributed by atoms with Gasteiger partial charge in [0.2, 0.25) is 11.8 Å². The lowest BCUT2D eigenvalue weighted by Crippen LogP contribution is -2.41. The largest absolute Gasteiger partial charge is 0.490 e. The minimum absolute atomic E-state index is 0.173. The van der Waals surface area contributed by atoms with Gasteiger partial charge in [-0.1, -0.05) is 12.1 Å². The monoisotopic (exact) mass is 356 g/mol. The fourth-order valence-electron chi connectivity index (χ4n) is 4.79. The van der Waals surface area contributed by atoms with E-state index in [0.29, 0.717) is 18.3 Å². The van der Waals surface area contributed by atoms with Crippen molar-refractivity contribution >= 4 is 11.8 Å². The molecule has 5 nitrogen and oxygen atoms in total. The van der Waals surface area contributed by atoms with Crippen molar-refractivity contribution in [3.8, 4) is 5.75 Å². The van der Waals surface area contributed by atoms with E-state index in [0.717, 1.165) is 37.2 Å². The zero-order valence-electron chi connectivity index (χ0n) is 15.3. The molecule has 3 fully saturated rings. The van der Waals surface area contributed by atoms with Crippen molar-refractivity contribution in [2.75, 3.05) is 13.1 Å². The van der Waals surface area contributed by atoms with Crippen LogP contribution in [0.4, 0.5) is 0 Å². The topological polar surface area (TPSA) is 67.4 Å². The molecule has 2 N–H and O–H groups in total. The summed E-state index contributed by atoms with van der Waals surface area (Å²) in [5.41, 5.74) is 1.48. The van der Waals surface area contributed by atoms with Crippen molar-refractivity contribution < 1.29 is 14.3 Å². The second-order valence-electron chi connectivity index (χ2n) is 8.14. The average molecular weight is 356 g/mol. The molecule has 4 rings (SSSR count). The molecule has 1 unspecified atom stereocenters. The molecule has 1 saturated carbocycles. The van der Waals surface area contributed by atoms with Crippen LogP contribution in [0, 0.1) is 5.41 Å². The molecule has 1 aromatic rings. The van der Waals surface area contributed by atoms with Gasteiger partial charge in [-0.25, -0.2) is 0 Å². The van der Waals surface area contributed by atoms with Crippen molar-refractivity contribution in [2.24, 2.45) is 5.41 Å². The van der Waals surface area contributed by atoms with E-state index in [-0.39, 0.29) is 23.8 Å². The molecule has 1 atom stereocenters. The molecule has 5 heteroatoms. The molecule has 3 aliphatic rings. The summed E-state index contributed by atoms with van der Waals surface area (Å²) in [6, 6.07) is 7.86. The quantitative estimate of drug-likeness (QED) is 0.817. The van der Waals surface area contributed by atoms with Crippen LogP contribution in [0.3, 0.4) is 0 Å². The first-order chi connectivity index (χ1) is 12.6. The van der Waals surface area contributed by atoms with Crippen LogP contribution in [-0.4, -0.2) is 31.0 Å². The highest BCUT2D eigenvalue weighted by Gasteiger charge is 2.37. The summed E-state index contributed by atoms with van der Waals surface area (Å²) in [4.78, 5) is 23.4. The maximum absolute atomic E-state index is 12.1. The van der Waals surface area contributed by atoms with Gasteiger partial charge in [0.05, 0.1) is 12.0 Å². The van der Waals surface area contributed by atoms with E-state index in [4.69, 9.17) is 4.74 Å². The number of amides is 2. The lowest BCUT2D eigenvalue weighted by Gasteiger charge is -2.43. The van der Waals surface area contributed by atoms with Crippen LogP contribution in [0.25, 0.3) is 0 Å². The van der Waals surface area contributed by atoms with Crippen molar-refractivity contribution in [3.63, 3.8) is 0 Å². The highest BCUT2D eigenvalue weighted by atomic mass is 16.5. The Hall–Kier alpha value is -1.88. The summed E-state index contributed by atoms with van der Waals surface area (Å²) < 4.78 is 6.26. The fourth-order valence-corrected chi connectivity index (χ4v) is 4.79. The van der Waals surface area contributed by atoms with Gasteiger partial charge in [0.1, 0.15) is 5.75 Å². The summed E-state index contributed by atoms with van der Waals surface area (Å²) in [6.07, 6.45) is 8.58. The Kier molecular flexibility index (Phi) is 4.98. The van der Waals surface area contributed by atoms with E-state index < -0.39 is 0 Å². The summed E-state index contributed by atoms with van der Waals surface area (Å²) in [7, 11) is 0. The van der Waals surface area contributed by atoms with Gasteiger partial charge in [-0.3, -0.25) is 14.9 Å². The Balaban J connectivity index is 1.37. The van der Waals surface area contributed by atoms with Gasteiger partial charge in [0.25, 0.3) is 0 Å². The Morgan fingerprint density at radius 2 is 1.77 bits per heavy atom. The predicted molar refractivity (Wildman–Crippen MR) is 99.0 cm³/mol. The van der Waals surface area contributed by atoms with Crippen LogP contribution in [0.2, 0.25) is 0 Å². The number of rotatable bonds is 3. The van der Waals surface area contributed by atoms with Gasteiger partial charge >= 0.3 is 0 Å². The number of nitrogens with one attached hydrogen (secondary N) is 2. The summed E-state index contributed by atoms with van der Waals surface area (Å²) >= 11 is 0. The maximum Gasteiger partial charge on any atom is 0.234 e. The number of carbonyl (C=O) groups excluding carboxylic acids is 2. The third-order valence-corrected chi connectivity index (χ3v) is 6.46. The lowest BCUT2D eigenvalue weighted by atomic mass is 9.68. The first kappa shape index (κ1) is 17.5. The molecule has 1 spiro atoms. The smallest absolute Gasteiger partial charge is 0.234 e. The van der Waals surface area contributed by atoms with Crippen molar-refractivity contribution in [1.82, 2.24) is 10.6 Å². The number of carbonyl (C=O) groups is 2. The third-order valence-electron chi connectivity index (χ3n) is 6.46. The molecular weight excluding hydrogens is 328 g/mol. The molecule has 0 bridgehead atoms. The SMILES string of the molecule is O=C1CCC(c2cccc(OC3CCC4(CCNCC4)CC3)c2)C(=O)N1. The molecule has 0 aromatic heterocycles. The van der Waals surface area contributed by atoms with Gasteiger partial charge in [-0.05, 0) is 81.1 Å². The molecule has 2 amide bonds. The van der Waals surface area contributed by atoms with Gasteiger partial charge < -0.3 is 10.1 Å². The minimum Gasteiger partial charge on any atom is -0.490 e. The van der Waals surface area contributed by atoms with Crippen LogP contribution >= 0.6 is 0 Å². The first-order valence-electron chi connectivity index (χ1n) is 9.95. The highest BCUT2D eigenvalue weighted by Crippen LogP contribution is 2.44. The standard InChI is InChI=1S/C21H28N2O3/c24-19-5-4-18(20(25)23-19)15-2-1-3-17(14-15)26-16-6-8-21(9-7-16)10-12-22-13-11-21/h1-3,14,16,18,22H,4-13H2,(H,23,24,25). The second kappa shape index (κ2) is 7.39. The van der Waals surface area contributed by atoms with E-state index in [2.05, 4.69) is 10.6 Å². The number of piperidine rings is 2. The van der Waals surface area contributed by atoms with Crippen LogP contribution in [0.1, 0.15) is 62.8 Å². The normalized spacial score (nSPS) is 26.5. The molecule has 140 valence electrons. The molecule has 2 heterocycles. The van der Waals surface area contributed by atoms with E-state index in [1.54, 1.807) is 0 Å². The predicted octanol–water partition coefficient (Wildman–Crippen LogP) is 2.90. The zero-order valence-corrected chi connectivity index (χ0v) is 15.3. The van der Waals surface area contributed by atoms with Crippen LogP contribution in [0.15, 0.2) is 24.3 Å². The minimum atomic E-state index is -0.249. The summed E-state index contributed by atoms with van der Waals surface area (Å²) in [5.74, 6) is 0.232. The van der Waals surface area contributed by atoms with Gasteiger partial charge in [-0.15, -0.1) is 0 Å². The fraction of sp³-hybridized carbons (Fsp3) is 0.619. The lowest BCUT2D eigenvalue weighted by molar-refractivity contribution is -0.134. The molecule has 1 aromatic carbocycles. The van der Waals surface area contributed by atoms with Crippen LogP contribution in [-0.2, 0) is 9.59 Å². The van der Waals surface area contributed by atoms with E-state index >= 15 is 0 Å². The Morgan fingerprint density at radius 3 is 2.50 bits per heavy atom. The van der Waals surface area contributed by atoms with Crippen molar-refractivity contribution in [3.05, 3.63) is 29.8 Å². The summed E-state index contributed by atoms with van der Waals surface area (Å²) in [5, 5.41) is 5.90. The number of hydrogen-bond donors (Lipinski definition) is 2. The highest BCUT2D eigenvalue weighted by molar-refractivity contribution is 6.00. The van der Waals surface area contributed by atoms with E-state index in [1.807, 2.05) is 24.3 Å². The number of benzene rings is 1. The molecule has 1 aliphatic carbocycles. The molecule has 26 heavy (non-hydrogen) atoms. The molecule has 0 radical (unpaired) electrons. The van der Waals surface area contributed by atoms with Crippen molar-refractivity contribution in [1.29, 1.82) is 0 Å². The second-order valence-corrected chi connectivity index (χ2v) is 8.14. The third kappa shape index (κ3) is 3.78. The average Bonchev–Trinajstić information content (AvgIpc) is 2.65. The van der Waals surface area contributed by atoms with Gasteiger partial charge in [-0.2, -0.15) is 0 Å². The molecular formula is C21H28N2O3. The Labute approximate surface area is 154 Å². The van der Waals surface area contributed by atoms with Crippen LogP contribution in [0.5, 0.6) is 5.75 Å². The first-order valence-corrected chi connectivity index (χ1v) is 9.95. The Bertz CT molecular complexity index is 672. The van der Waals surface area contributed by atoms with E-state index in [1.165, 1.54) is 25.7 Å². The Morgan fingerprint density at radius 1 is 1.00 bits per heavy atom. The maximum atomic E-state index is 12.1.